The Morgan fingerprint density at radius 1 is 1.05 bits per heavy atom. The van der Waals surface area contributed by atoms with Gasteiger partial charge in [0.15, 0.2) is 0 Å². The Hall–Kier alpha value is -1.38. The Morgan fingerprint density at radius 3 is 2.65 bits per heavy atom. The second-order valence-corrected chi connectivity index (χ2v) is 5.85. The fraction of sp³-hybridized carbons (Fsp3) is 0.444. The largest absolute Gasteiger partial charge is 0.317 e. The molecule has 2 heteroatoms. The molecule has 1 heterocycles. The molecule has 0 bridgehead atoms. The first-order valence-electron chi connectivity index (χ1n) is 7.72. The number of rotatable bonds is 4. The minimum Gasteiger partial charge on any atom is -0.317 e. The third-order valence-corrected chi connectivity index (χ3v) is 4.55. The minimum absolute atomic E-state index is 0.756. The van der Waals surface area contributed by atoms with E-state index in [-0.39, 0.29) is 0 Å². The van der Waals surface area contributed by atoms with Gasteiger partial charge in [0.25, 0.3) is 0 Å². The molecule has 2 aromatic carbocycles. The number of piperidine rings is 1. The summed E-state index contributed by atoms with van der Waals surface area (Å²) in [7, 11) is 2.28. The Labute approximate surface area is 121 Å². The number of nitrogens with zero attached hydrogens (tertiary/aromatic N) is 1. The molecular weight excluding hydrogens is 244 g/mol. The molecule has 1 saturated heterocycles. The molecule has 0 saturated carbocycles. The zero-order chi connectivity index (χ0) is 13.8. The standard InChI is InChI=1S/C18H24N2/c1-20(17-9-12-19-13-10-17)14-11-16-7-4-6-15-5-2-3-8-18(15)16/h2-8,17,19H,9-14H2,1H3. The van der Waals surface area contributed by atoms with Crippen LogP contribution in [0.2, 0.25) is 0 Å². The summed E-state index contributed by atoms with van der Waals surface area (Å²) in [6, 6.07) is 16.1. The lowest BCUT2D eigenvalue weighted by Gasteiger charge is -2.31. The first-order chi connectivity index (χ1) is 9.84. The van der Waals surface area contributed by atoms with Gasteiger partial charge in [0.2, 0.25) is 0 Å². The number of benzene rings is 2. The van der Waals surface area contributed by atoms with Crippen LogP contribution in [0, 0.1) is 0 Å². The highest BCUT2D eigenvalue weighted by molar-refractivity contribution is 5.85. The molecule has 0 amide bonds. The molecule has 0 spiro atoms. The average Bonchev–Trinajstić information content (AvgIpc) is 2.53. The van der Waals surface area contributed by atoms with Gasteiger partial charge in [-0.15, -0.1) is 0 Å². The predicted octanol–water partition coefficient (Wildman–Crippen LogP) is 3.07. The highest BCUT2D eigenvalue weighted by atomic mass is 15.1. The quantitative estimate of drug-likeness (QED) is 0.917. The second-order valence-electron chi connectivity index (χ2n) is 5.85. The maximum atomic E-state index is 3.44. The topological polar surface area (TPSA) is 15.3 Å². The molecule has 2 aromatic rings. The van der Waals surface area contributed by atoms with Gasteiger partial charge >= 0.3 is 0 Å². The van der Waals surface area contributed by atoms with Crippen molar-refractivity contribution in [3.63, 3.8) is 0 Å². The molecule has 0 atom stereocenters. The maximum absolute atomic E-state index is 3.44. The SMILES string of the molecule is CN(CCc1cccc2ccccc12)C1CCNCC1. The highest BCUT2D eigenvalue weighted by Crippen LogP contribution is 2.19. The van der Waals surface area contributed by atoms with E-state index in [0.29, 0.717) is 0 Å². The number of hydrogen-bond acceptors (Lipinski definition) is 2. The van der Waals surface area contributed by atoms with Gasteiger partial charge in [-0.3, -0.25) is 0 Å². The molecule has 2 nitrogen and oxygen atoms in total. The van der Waals surface area contributed by atoms with Crippen LogP contribution in [0.5, 0.6) is 0 Å². The van der Waals surface area contributed by atoms with Gasteiger partial charge in [0.1, 0.15) is 0 Å². The Bertz CT molecular complexity index is 553. The highest BCUT2D eigenvalue weighted by Gasteiger charge is 2.17. The van der Waals surface area contributed by atoms with Gasteiger partial charge in [-0.2, -0.15) is 0 Å². The fourth-order valence-electron chi connectivity index (χ4n) is 3.24. The molecule has 3 rings (SSSR count). The van der Waals surface area contributed by atoms with Gasteiger partial charge in [0.05, 0.1) is 0 Å². The monoisotopic (exact) mass is 268 g/mol. The van der Waals surface area contributed by atoms with Crippen molar-refractivity contribution >= 4 is 10.8 Å². The van der Waals surface area contributed by atoms with E-state index in [0.717, 1.165) is 19.0 Å². The van der Waals surface area contributed by atoms with Crippen LogP contribution in [-0.4, -0.2) is 37.6 Å². The summed E-state index contributed by atoms with van der Waals surface area (Å²) in [5.41, 5.74) is 1.48. The van der Waals surface area contributed by atoms with Crippen molar-refractivity contribution in [1.82, 2.24) is 10.2 Å². The zero-order valence-corrected chi connectivity index (χ0v) is 12.3. The Morgan fingerprint density at radius 2 is 1.80 bits per heavy atom. The number of likely N-dealkylation sites (N-methyl/N-ethyl adjacent to an activating group) is 1. The molecule has 0 aromatic heterocycles. The molecule has 1 aliphatic rings. The minimum atomic E-state index is 0.756. The normalized spacial score (nSPS) is 16.9. The first kappa shape index (κ1) is 13.6. The summed E-state index contributed by atoms with van der Waals surface area (Å²) in [6.07, 6.45) is 3.71. The summed E-state index contributed by atoms with van der Waals surface area (Å²) in [4.78, 5) is 2.54. The van der Waals surface area contributed by atoms with Gasteiger partial charge in [-0.05, 0) is 55.7 Å². The number of hydrogen-bond donors (Lipinski definition) is 1. The van der Waals surface area contributed by atoms with Crippen molar-refractivity contribution in [2.75, 3.05) is 26.7 Å². The van der Waals surface area contributed by atoms with Gasteiger partial charge in [-0.25, -0.2) is 0 Å². The number of nitrogens with one attached hydrogen (secondary N) is 1. The zero-order valence-electron chi connectivity index (χ0n) is 12.3. The summed E-state index contributed by atoms with van der Waals surface area (Å²) in [5, 5.41) is 6.21. The van der Waals surface area contributed by atoms with E-state index in [4.69, 9.17) is 0 Å². The van der Waals surface area contributed by atoms with Crippen LogP contribution >= 0.6 is 0 Å². The van der Waals surface area contributed by atoms with Crippen LogP contribution in [0.3, 0.4) is 0 Å². The van der Waals surface area contributed by atoms with Crippen LogP contribution in [-0.2, 0) is 6.42 Å². The fourth-order valence-corrected chi connectivity index (χ4v) is 3.24. The van der Waals surface area contributed by atoms with E-state index < -0.39 is 0 Å². The van der Waals surface area contributed by atoms with Crippen molar-refractivity contribution in [3.8, 4) is 0 Å². The third kappa shape index (κ3) is 3.02. The summed E-state index contributed by atoms with van der Waals surface area (Å²) in [6.45, 7) is 3.49. The third-order valence-electron chi connectivity index (χ3n) is 4.55. The van der Waals surface area contributed by atoms with Gasteiger partial charge in [0, 0.05) is 12.6 Å². The van der Waals surface area contributed by atoms with Crippen molar-refractivity contribution in [1.29, 1.82) is 0 Å². The molecule has 1 fully saturated rings. The van der Waals surface area contributed by atoms with E-state index >= 15 is 0 Å². The molecule has 1 aliphatic heterocycles. The van der Waals surface area contributed by atoms with Crippen LogP contribution in [0.1, 0.15) is 18.4 Å². The Balaban J connectivity index is 1.67. The summed E-state index contributed by atoms with van der Waals surface area (Å²) >= 11 is 0. The van der Waals surface area contributed by atoms with Crippen LogP contribution in [0.15, 0.2) is 42.5 Å². The van der Waals surface area contributed by atoms with Crippen molar-refractivity contribution < 1.29 is 0 Å². The summed E-state index contributed by atoms with van der Waals surface area (Å²) < 4.78 is 0. The van der Waals surface area contributed by atoms with E-state index in [2.05, 4.69) is 59.7 Å². The molecule has 0 unspecified atom stereocenters. The lowest BCUT2D eigenvalue weighted by atomic mass is 10.0. The lowest BCUT2D eigenvalue weighted by molar-refractivity contribution is 0.201. The smallest absolute Gasteiger partial charge is 0.0116 e. The summed E-state index contributed by atoms with van der Waals surface area (Å²) in [5.74, 6) is 0. The predicted molar refractivity (Wildman–Crippen MR) is 86.2 cm³/mol. The van der Waals surface area contributed by atoms with E-state index in [1.54, 1.807) is 0 Å². The van der Waals surface area contributed by atoms with Crippen LogP contribution in [0.25, 0.3) is 10.8 Å². The van der Waals surface area contributed by atoms with E-state index in [9.17, 15) is 0 Å². The molecule has 0 aliphatic carbocycles. The molecular formula is C18H24N2. The number of fused-ring (bicyclic) bond motifs is 1. The average molecular weight is 268 g/mol. The van der Waals surface area contributed by atoms with Crippen molar-refractivity contribution in [2.45, 2.75) is 25.3 Å². The first-order valence-corrected chi connectivity index (χ1v) is 7.72. The molecule has 20 heavy (non-hydrogen) atoms. The van der Waals surface area contributed by atoms with Crippen molar-refractivity contribution in [3.05, 3.63) is 48.0 Å². The van der Waals surface area contributed by atoms with Crippen molar-refractivity contribution in [2.24, 2.45) is 0 Å². The Kier molecular flexibility index (Phi) is 4.34. The molecule has 106 valence electrons. The second kappa shape index (κ2) is 6.38. The molecule has 1 N–H and O–H groups in total. The van der Waals surface area contributed by atoms with Crippen LogP contribution in [0.4, 0.5) is 0 Å². The van der Waals surface area contributed by atoms with Gasteiger partial charge in [-0.1, -0.05) is 42.5 Å². The van der Waals surface area contributed by atoms with Crippen LogP contribution < -0.4 is 5.32 Å². The van der Waals surface area contributed by atoms with E-state index in [1.807, 2.05) is 0 Å². The van der Waals surface area contributed by atoms with Gasteiger partial charge < -0.3 is 10.2 Å². The molecule has 0 radical (unpaired) electrons. The maximum Gasteiger partial charge on any atom is 0.0116 e. The van der Waals surface area contributed by atoms with E-state index in [1.165, 1.54) is 42.3 Å². The lowest BCUT2D eigenvalue weighted by Crippen LogP contribution is -2.41.